The summed E-state index contributed by atoms with van der Waals surface area (Å²) in [4.78, 5) is 46.9. The summed E-state index contributed by atoms with van der Waals surface area (Å²) >= 11 is 0. The van der Waals surface area contributed by atoms with Gasteiger partial charge in [-0.3, -0.25) is 23.9 Å². The van der Waals surface area contributed by atoms with Crippen molar-refractivity contribution in [3.63, 3.8) is 0 Å². The predicted octanol–water partition coefficient (Wildman–Crippen LogP) is -1.73. The highest BCUT2D eigenvalue weighted by Gasteiger charge is 2.59. The quantitative estimate of drug-likeness (QED) is 0.412. The number of rotatable bonds is 6. The van der Waals surface area contributed by atoms with Gasteiger partial charge in [0.05, 0.1) is 19.0 Å². The second-order valence-electron chi connectivity index (χ2n) is 6.52. The molecule has 1 fully saturated rings. The Balaban J connectivity index is 2.24. The van der Waals surface area contributed by atoms with Gasteiger partial charge < -0.3 is 24.8 Å². The molecule has 2 rings (SSSR count). The molecule has 150 valence electrons. The fourth-order valence-corrected chi connectivity index (χ4v) is 2.81. The van der Waals surface area contributed by atoms with E-state index in [1.165, 1.54) is 13.8 Å². The number of halogens is 1. The number of nitrogens with one attached hydrogen (secondary N) is 1. The van der Waals surface area contributed by atoms with Crippen molar-refractivity contribution < 1.29 is 38.8 Å². The largest absolute Gasteiger partial charge is 0.481 e. The lowest BCUT2D eigenvalue weighted by molar-refractivity contribution is -0.187. The van der Waals surface area contributed by atoms with Crippen molar-refractivity contribution in [2.24, 2.45) is 0 Å². The van der Waals surface area contributed by atoms with E-state index in [9.17, 15) is 33.8 Å². The van der Waals surface area contributed by atoms with Crippen molar-refractivity contribution in [2.75, 3.05) is 6.61 Å². The molecule has 1 aliphatic rings. The molecule has 1 aliphatic heterocycles. The lowest BCUT2D eigenvalue weighted by Crippen LogP contribution is -2.50. The van der Waals surface area contributed by atoms with Crippen LogP contribution >= 0.6 is 0 Å². The molecular formula is C15H19FN2O9. The van der Waals surface area contributed by atoms with Gasteiger partial charge >= 0.3 is 17.6 Å². The van der Waals surface area contributed by atoms with Crippen molar-refractivity contribution >= 4 is 11.9 Å². The molecule has 27 heavy (non-hydrogen) atoms. The summed E-state index contributed by atoms with van der Waals surface area (Å²) in [6, 6.07) is 0. The number of nitrogens with zero attached hydrogens (tertiary/aromatic N) is 1. The van der Waals surface area contributed by atoms with Crippen molar-refractivity contribution in [3.05, 3.63) is 32.9 Å². The number of carboxylic acids is 1. The van der Waals surface area contributed by atoms with Crippen LogP contribution in [-0.2, 0) is 24.8 Å². The van der Waals surface area contributed by atoms with E-state index in [0.717, 1.165) is 0 Å². The number of aliphatic hydroxyl groups excluding tert-OH is 2. The Morgan fingerprint density at radius 3 is 2.52 bits per heavy atom. The number of hydrogen-bond acceptors (Lipinski definition) is 8. The van der Waals surface area contributed by atoms with Crippen LogP contribution in [0, 0.1) is 5.82 Å². The zero-order chi connectivity index (χ0) is 20.6. The smallest absolute Gasteiger partial charge is 0.330 e. The summed E-state index contributed by atoms with van der Waals surface area (Å²) in [5.41, 5.74) is -6.02. The Kier molecular flexibility index (Phi) is 5.54. The predicted molar refractivity (Wildman–Crippen MR) is 84.3 cm³/mol. The summed E-state index contributed by atoms with van der Waals surface area (Å²) in [6.45, 7) is 1.89. The Morgan fingerprint density at radius 1 is 1.30 bits per heavy atom. The van der Waals surface area contributed by atoms with Crippen LogP contribution in [0.5, 0.6) is 0 Å². The number of aliphatic hydroxyl groups is 2. The second-order valence-corrected chi connectivity index (χ2v) is 6.52. The van der Waals surface area contributed by atoms with Crippen LogP contribution in [0.2, 0.25) is 0 Å². The first-order valence-electron chi connectivity index (χ1n) is 7.86. The van der Waals surface area contributed by atoms with E-state index in [2.05, 4.69) is 0 Å². The first kappa shape index (κ1) is 20.7. The summed E-state index contributed by atoms with van der Waals surface area (Å²) in [5.74, 6) is -3.38. The van der Waals surface area contributed by atoms with Crippen LogP contribution in [0.15, 0.2) is 15.8 Å². The number of aliphatic carboxylic acids is 1. The minimum Gasteiger partial charge on any atom is -0.481 e. The lowest BCUT2D eigenvalue weighted by atomic mass is 9.96. The fourth-order valence-electron chi connectivity index (χ4n) is 2.81. The maximum atomic E-state index is 13.6. The number of aromatic amines is 1. The van der Waals surface area contributed by atoms with Gasteiger partial charge in [0, 0.05) is 0 Å². The highest BCUT2D eigenvalue weighted by molar-refractivity contribution is 5.76. The molecule has 12 heteroatoms. The minimum atomic E-state index is -1.98. The SMILES string of the molecule is C[C@]1(COC(=O)CCC(=O)O)O[C@@](C)(n2cc(F)c(=O)[nH]c2=O)[C@H](O)[C@@H]1O. The molecule has 0 bridgehead atoms. The molecule has 4 atom stereocenters. The molecule has 11 nitrogen and oxygen atoms in total. The first-order valence-corrected chi connectivity index (χ1v) is 7.86. The Hall–Kier alpha value is -2.57. The van der Waals surface area contributed by atoms with Crippen LogP contribution in [0.25, 0.3) is 0 Å². The average molecular weight is 390 g/mol. The highest BCUT2D eigenvalue weighted by Crippen LogP contribution is 2.41. The first-order chi connectivity index (χ1) is 12.4. The van der Waals surface area contributed by atoms with Crippen molar-refractivity contribution in [3.8, 4) is 0 Å². The van der Waals surface area contributed by atoms with E-state index >= 15 is 0 Å². The molecule has 4 N–H and O–H groups in total. The number of esters is 1. The lowest BCUT2D eigenvalue weighted by Gasteiger charge is -2.31. The molecule has 0 spiro atoms. The fraction of sp³-hybridized carbons (Fsp3) is 0.600. The molecule has 1 aromatic rings. The average Bonchev–Trinajstić information content (AvgIpc) is 2.76. The maximum absolute atomic E-state index is 13.6. The maximum Gasteiger partial charge on any atom is 0.330 e. The van der Waals surface area contributed by atoms with E-state index in [0.29, 0.717) is 10.8 Å². The third kappa shape index (κ3) is 3.91. The van der Waals surface area contributed by atoms with Gasteiger partial charge in [-0.25, -0.2) is 4.79 Å². The van der Waals surface area contributed by atoms with Crippen LogP contribution in [-0.4, -0.2) is 61.2 Å². The number of carbonyl (C=O) groups excluding carboxylic acids is 1. The number of carboxylic acid groups (broad SMARTS) is 1. The van der Waals surface area contributed by atoms with Crippen LogP contribution in [0.3, 0.4) is 0 Å². The monoisotopic (exact) mass is 390 g/mol. The number of ether oxygens (including phenoxy) is 2. The van der Waals surface area contributed by atoms with E-state index in [4.69, 9.17) is 14.6 Å². The normalized spacial score (nSPS) is 30.3. The third-order valence-corrected chi connectivity index (χ3v) is 4.35. The summed E-state index contributed by atoms with van der Waals surface area (Å²) < 4.78 is 24.6. The molecule has 2 heterocycles. The topological polar surface area (TPSA) is 168 Å². The minimum absolute atomic E-state index is 0.411. The summed E-state index contributed by atoms with van der Waals surface area (Å²) in [7, 11) is 0. The molecule has 0 saturated carbocycles. The Labute approximate surface area is 151 Å². The van der Waals surface area contributed by atoms with Crippen LogP contribution < -0.4 is 11.2 Å². The number of H-pyrrole nitrogens is 1. The summed E-state index contributed by atoms with van der Waals surface area (Å²) in [5, 5.41) is 29.2. The Morgan fingerprint density at radius 2 is 1.93 bits per heavy atom. The van der Waals surface area contributed by atoms with Gasteiger partial charge in [0.25, 0.3) is 5.56 Å². The molecule has 1 aromatic heterocycles. The molecule has 0 aliphatic carbocycles. The zero-order valence-electron chi connectivity index (χ0n) is 14.5. The van der Waals surface area contributed by atoms with E-state index in [1.807, 2.05) is 0 Å². The van der Waals surface area contributed by atoms with Crippen molar-refractivity contribution in [1.82, 2.24) is 9.55 Å². The van der Waals surface area contributed by atoms with Gasteiger partial charge in [-0.05, 0) is 13.8 Å². The van der Waals surface area contributed by atoms with E-state index in [-0.39, 0.29) is 0 Å². The zero-order valence-corrected chi connectivity index (χ0v) is 14.5. The molecule has 0 unspecified atom stereocenters. The number of carbonyl (C=O) groups is 2. The second kappa shape index (κ2) is 7.21. The standard InChI is InChI=1S/C15H19FN2O9/c1-14(6-26-9(21)4-3-8(19)20)10(22)11(23)15(2,27-14)18-5-7(16)12(24)17-13(18)25/h5,10-11,22-23H,3-4,6H2,1-2H3,(H,19,20)(H,17,24,25)/t10-,11+,14+,15+/m0/s1. The van der Waals surface area contributed by atoms with Gasteiger partial charge in [-0.15, -0.1) is 0 Å². The molecular weight excluding hydrogens is 371 g/mol. The van der Waals surface area contributed by atoms with Crippen molar-refractivity contribution in [2.45, 2.75) is 50.2 Å². The summed E-state index contributed by atoms with van der Waals surface area (Å²) in [6.07, 6.45) is -3.74. The van der Waals surface area contributed by atoms with Crippen molar-refractivity contribution in [1.29, 1.82) is 0 Å². The van der Waals surface area contributed by atoms with E-state index < -0.39 is 72.0 Å². The molecule has 0 amide bonds. The van der Waals surface area contributed by atoms with Crippen LogP contribution in [0.1, 0.15) is 26.7 Å². The molecule has 0 radical (unpaired) electrons. The van der Waals surface area contributed by atoms with Gasteiger partial charge in [0.1, 0.15) is 24.4 Å². The van der Waals surface area contributed by atoms with Gasteiger partial charge in [-0.1, -0.05) is 0 Å². The Bertz CT molecular complexity index is 866. The number of aromatic nitrogens is 2. The van der Waals surface area contributed by atoms with Crippen LogP contribution in [0.4, 0.5) is 4.39 Å². The van der Waals surface area contributed by atoms with Gasteiger partial charge in [0.15, 0.2) is 5.72 Å². The number of hydrogen-bond donors (Lipinski definition) is 4. The molecule has 1 saturated heterocycles. The molecule has 0 aromatic carbocycles. The highest BCUT2D eigenvalue weighted by atomic mass is 19.1. The third-order valence-electron chi connectivity index (χ3n) is 4.35. The van der Waals surface area contributed by atoms with Gasteiger partial charge in [0.2, 0.25) is 5.82 Å². The van der Waals surface area contributed by atoms with E-state index in [1.54, 1.807) is 4.98 Å². The van der Waals surface area contributed by atoms with Gasteiger partial charge in [-0.2, -0.15) is 4.39 Å².